The van der Waals surface area contributed by atoms with Crippen LogP contribution in [0.1, 0.15) is 18.5 Å². The quantitative estimate of drug-likeness (QED) is 0.735. The van der Waals surface area contributed by atoms with Crippen LogP contribution in [0.2, 0.25) is 5.02 Å². The van der Waals surface area contributed by atoms with Gasteiger partial charge >= 0.3 is 12.3 Å². The van der Waals surface area contributed by atoms with Crippen LogP contribution in [0.15, 0.2) is 24.3 Å². The van der Waals surface area contributed by atoms with Gasteiger partial charge in [0.25, 0.3) is 0 Å². The molecule has 2 nitrogen and oxygen atoms in total. The third-order valence-electron chi connectivity index (χ3n) is 2.62. The zero-order chi connectivity index (χ0) is 15.2. The summed E-state index contributed by atoms with van der Waals surface area (Å²) < 4.78 is 54.2. The van der Waals surface area contributed by atoms with Crippen LogP contribution in [0.25, 0.3) is 0 Å². The molecule has 0 saturated carbocycles. The minimum Gasteiger partial charge on any atom is -0.373 e. The molecule has 0 amide bonds. The SMILES string of the molecule is CCNC(COCC(F)(F)C(F)F)c1ccc(Cl)cc1. The molecule has 0 heterocycles. The van der Waals surface area contributed by atoms with Crippen LogP contribution in [-0.2, 0) is 4.74 Å². The zero-order valence-corrected chi connectivity index (χ0v) is 11.6. The standard InChI is InChI=1S/C13H16ClF4NO/c1-2-19-11(9-3-5-10(14)6-4-9)7-20-8-13(17,18)12(15)16/h3-6,11-12,19H,2,7-8H2,1H3. The smallest absolute Gasteiger partial charge is 0.330 e. The number of likely N-dealkylation sites (N-methyl/N-ethyl adjacent to an activating group) is 1. The van der Waals surface area contributed by atoms with Gasteiger partial charge in [0.15, 0.2) is 0 Å². The highest BCUT2D eigenvalue weighted by Gasteiger charge is 2.41. The molecule has 1 N–H and O–H groups in total. The highest BCUT2D eigenvalue weighted by molar-refractivity contribution is 6.30. The lowest BCUT2D eigenvalue weighted by Crippen LogP contribution is -2.34. The first-order valence-electron chi connectivity index (χ1n) is 6.09. The van der Waals surface area contributed by atoms with E-state index in [0.29, 0.717) is 11.6 Å². The summed E-state index contributed by atoms with van der Waals surface area (Å²) in [7, 11) is 0. The first-order chi connectivity index (χ1) is 9.36. The van der Waals surface area contributed by atoms with Crippen molar-refractivity contribution < 1.29 is 22.3 Å². The molecule has 7 heteroatoms. The van der Waals surface area contributed by atoms with Crippen molar-refractivity contribution in [2.24, 2.45) is 0 Å². The fourth-order valence-corrected chi connectivity index (χ4v) is 1.72. The highest BCUT2D eigenvalue weighted by atomic mass is 35.5. The minimum absolute atomic E-state index is 0.127. The first kappa shape index (κ1) is 17.2. The molecule has 0 aliphatic heterocycles. The Hall–Kier alpha value is -0.850. The molecule has 1 unspecified atom stereocenters. The molecule has 1 aromatic rings. The molecule has 0 aliphatic carbocycles. The van der Waals surface area contributed by atoms with Crippen LogP contribution in [0.4, 0.5) is 17.6 Å². The van der Waals surface area contributed by atoms with E-state index in [1.54, 1.807) is 24.3 Å². The summed E-state index contributed by atoms with van der Waals surface area (Å²) in [5.41, 5.74) is 0.789. The van der Waals surface area contributed by atoms with Gasteiger partial charge in [0.05, 0.1) is 12.6 Å². The Balaban J connectivity index is 2.58. The first-order valence-corrected chi connectivity index (χ1v) is 6.47. The number of hydrogen-bond donors (Lipinski definition) is 1. The molecule has 0 aliphatic rings. The minimum atomic E-state index is -4.13. The second-order valence-corrected chi connectivity index (χ2v) is 4.68. The average molecular weight is 314 g/mol. The Bertz CT molecular complexity index is 400. The van der Waals surface area contributed by atoms with Gasteiger partial charge in [-0.05, 0) is 24.2 Å². The van der Waals surface area contributed by atoms with E-state index < -0.39 is 19.0 Å². The molecule has 0 fully saturated rings. The van der Waals surface area contributed by atoms with Crippen LogP contribution >= 0.6 is 11.6 Å². The van der Waals surface area contributed by atoms with Gasteiger partial charge in [-0.15, -0.1) is 0 Å². The second-order valence-electron chi connectivity index (χ2n) is 4.24. The van der Waals surface area contributed by atoms with Crippen molar-refractivity contribution in [2.75, 3.05) is 19.8 Å². The summed E-state index contributed by atoms with van der Waals surface area (Å²) in [5.74, 6) is -4.13. The van der Waals surface area contributed by atoms with E-state index in [1.807, 2.05) is 6.92 Å². The van der Waals surface area contributed by atoms with E-state index in [0.717, 1.165) is 5.56 Å². The van der Waals surface area contributed by atoms with Crippen LogP contribution in [0, 0.1) is 0 Å². The van der Waals surface area contributed by atoms with Gasteiger partial charge < -0.3 is 10.1 Å². The van der Waals surface area contributed by atoms with Crippen LogP contribution < -0.4 is 5.32 Å². The highest BCUT2D eigenvalue weighted by Crippen LogP contribution is 2.24. The summed E-state index contributed by atoms with van der Waals surface area (Å²) >= 11 is 5.76. The van der Waals surface area contributed by atoms with Crippen molar-refractivity contribution in [3.8, 4) is 0 Å². The van der Waals surface area contributed by atoms with Crippen molar-refractivity contribution in [3.05, 3.63) is 34.9 Å². The number of benzene rings is 1. The monoisotopic (exact) mass is 313 g/mol. The average Bonchev–Trinajstić information content (AvgIpc) is 2.38. The van der Waals surface area contributed by atoms with E-state index >= 15 is 0 Å². The number of ether oxygens (including phenoxy) is 1. The number of rotatable bonds is 8. The van der Waals surface area contributed by atoms with Gasteiger partial charge in [-0.1, -0.05) is 30.7 Å². The summed E-state index contributed by atoms with van der Waals surface area (Å²) in [4.78, 5) is 0. The third kappa shape index (κ3) is 5.26. The molecule has 1 aromatic carbocycles. The predicted octanol–water partition coefficient (Wildman–Crippen LogP) is 3.91. The van der Waals surface area contributed by atoms with E-state index in [-0.39, 0.29) is 12.6 Å². The van der Waals surface area contributed by atoms with Crippen molar-refractivity contribution >= 4 is 11.6 Å². The number of halogens is 5. The van der Waals surface area contributed by atoms with E-state index in [1.165, 1.54) is 0 Å². The normalized spacial score (nSPS) is 13.8. The van der Waals surface area contributed by atoms with Gasteiger partial charge in [-0.25, -0.2) is 8.78 Å². The maximum atomic E-state index is 12.7. The van der Waals surface area contributed by atoms with Gasteiger partial charge in [0, 0.05) is 5.02 Å². The second kappa shape index (κ2) is 7.81. The summed E-state index contributed by atoms with van der Waals surface area (Å²) in [6.07, 6.45) is -3.73. The van der Waals surface area contributed by atoms with E-state index in [4.69, 9.17) is 16.3 Å². The van der Waals surface area contributed by atoms with Crippen molar-refractivity contribution in [3.63, 3.8) is 0 Å². The fourth-order valence-electron chi connectivity index (χ4n) is 1.59. The molecule has 0 aromatic heterocycles. The molecule has 0 bridgehead atoms. The van der Waals surface area contributed by atoms with Gasteiger partial charge in [-0.3, -0.25) is 0 Å². The van der Waals surface area contributed by atoms with Crippen LogP contribution in [0.3, 0.4) is 0 Å². The van der Waals surface area contributed by atoms with Crippen LogP contribution in [-0.4, -0.2) is 32.1 Å². The topological polar surface area (TPSA) is 21.3 Å². The van der Waals surface area contributed by atoms with Crippen LogP contribution in [0.5, 0.6) is 0 Å². The van der Waals surface area contributed by atoms with Gasteiger partial charge in [0.1, 0.15) is 6.61 Å². The summed E-state index contributed by atoms with van der Waals surface area (Å²) in [6, 6.07) is 6.42. The molecular formula is C13H16ClF4NO. The molecule has 1 atom stereocenters. The van der Waals surface area contributed by atoms with Gasteiger partial charge in [-0.2, -0.15) is 8.78 Å². The number of hydrogen-bond acceptors (Lipinski definition) is 2. The molecule has 0 saturated heterocycles. The lowest BCUT2D eigenvalue weighted by Gasteiger charge is -2.21. The maximum Gasteiger partial charge on any atom is 0.330 e. The lowest BCUT2D eigenvalue weighted by molar-refractivity contribution is -0.167. The zero-order valence-electron chi connectivity index (χ0n) is 10.9. The Morgan fingerprint density at radius 3 is 2.35 bits per heavy atom. The molecule has 0 radical (unpaired) electrons. The van der Waals surface area contributed by atoms with Crippen molar-refractivity contribution in [1.29, 1.82) is 0 Å². The third-order valence-corrected chi connectivity index (χ3v) is 2.87. The van der Waals surface area contributed by atoms with Gasteiger partial charge in [0.2, 0.25) is 0 Å². The molecule has 1 rings (SSSR count). The van der Waals surface area contributed by atoms with E-state index in [2.05, 4.69) is 5.32 Å². The fraction of sp³-hybridized carbons (Fsp3) is 0.538. The molecule has 114 valence electrons. The van der Waals surface area contributed by atoms with Crippen molar-refractivity contribution in [2.45, 2.75) is 25.3 Å². The van der Waals surface area contributed by atoms with E-state index in [9.17, 15) is 17.6 Å². The number of alkyl halides is 4. The maximum absolute atomic E-state index is 12.7. The lowest BCUT2D eigenvalue weighted by atomic mass is 10.1. The largest absolute Gasteiger partial charge is 0.373 e. The van der Waals surface area contributed by atoms with Crippen molar-refractivity contribution in [1.82, 2.24) is 5.32 Å². The number of nitrogens with one attached hydrogen (secondary N) is 1. The Kier molecular flexibility index (Phi) is 6.71. The Morgan fingerprint density at radius 2 is 1.85 bits per heavy atom. The Morgan fingerprint density at radius 1 is 1.25 bits per heavy atom. The summed E-state index contributed by atoms with van der Waals surface area (Å²) in [5, 5.41) is 3.58. The molecule has 0 spiro atoms. The summed E-state index contributed by atoms with van der Waals surface area (Å²) in [6.45, 7) is 0.997. The Labute approximate surface area is 120 Å². The molecule has 20 heavy (non-hydrogen) atoms. The predicted molar refractivity (Wildman–Crippen MR) is 69.6 cm³/mol. The molecular weight excluding hydrogens is 298 g/mol.